The predicted octanol–water partition coefficient (Wildman–Crippen LogP) is 2.77. The molecule has 4 nitrogen and oxygen atoms in total. The van der Waals surface area contributed by atoms with Crippen molar-refractivity contribution in [2.75, 3.05) is 0 Å². The average Bonchev–Trinajstić information content (AvgIpc) is 2.33. The van der Waals surface area contributed by atoms with E-state index in [2.05, 4.69) is 4.98 Å². The number of rotatable bonds is 3. The van der Waals surface area contributed by atoms with Crippen LogP contribution in [0.4, 0.5) is 0 Å². The van der Waals surface area contributed by atoms with Gasteiger partial charge in [-0.3, -0.25) is 4.21 Å². The highest BCUT2D eigenvalue weighted by molar-refractivity contribution is 7.79. The first-order chi connectivity index (χ1) is 8.15. The van der Waals surface area contributed by atoms with Gasteiger partial charge in [0.25, 0.3) is 0 Å². The van der Waals surface area contributed by atoms with Crippen LogP contribution in [0.15, 0.2) is 47.5 Å². The van der Waals surface area contributed by atoms with Gasteiger partial charge in [0.1, 0.15) is 5.75 Å². The molecule has 6 heteroatoms. The molecule has 0 saturated heterocycles. The summed E-state index contributed by atoms with van der Waals surface area (Å²) in [7, 11) is 0. The van der Waals surface area contributed by atoms with E-state index in [0.29, 0.717) is 16.7 Å². The van der Waals surface area contributed by atoms with Crippen molar-refractivity contribution in [3.63, 3.8) is 0 Å². The number of halogens is 1. The highest BCUT2D eigenvalue weighted by atomic mass is 35.5. The van der Waals surface area contributed by atoms with E-state index in [4.69, 9.17) is 16.3 Å². The Kier molecular flexibility index (Phi) is 3.73. The third-order valence-electron chi connectivity index (χ3n) is 1.94. The zero-order chi connectivity index (χ0) is 12.3. The van der Waals surface area contributed by atoms with Gasteiger partial charge < -0.3 is 9.29 Å². The second-order valence-corrected chi connectivity index (χ2v) is 4.50. The molecule has 1 aromatic carbocycles. The van der Waals surface area contributed by atoms with Crippen molar-refractivity contribution in [1.29, 1.82) is 0 Å². The Balaban J connectivity index is 2.13. The summed E-state index contributed by atoms with van der Waals surface area (Å²) in [5, 5.41) is 0.523. The Labute approximate surface area is 106 Å². The summed E-state index contributed by atoms with van der Waals surface area (Å²) in [4.78, 5) is 4.16. The number of pyridine rings is 1. The molecule has 0 spiro atoms. The van der Waals surface area contributed by atoms with Gasteiger partial charge in [-0.2, -0.15) is 0 Å². The molecule has 0 radical (unpaired) electrons. The minimum Gasteiger partial charge on any atom is -0.768 e. The lowest BCUT2D eigenvalue weighted by molar-refractivity contribution is 0.462. The molecule has 1 aromatic heterocycles. The molecule has 0 amide bonds. The summed E-state index contributed by atoms with van der Waals surface area (Å²) in [6, 6.07) is 9.30. The number of benzene rings is 1. The van der Waals surface area contributed by atoms with Gasteiger partial charge in [0.15, 0.2) is 0 Å². The van der Waals surface area contributed by atoms with Crippen LogP contribution in [-0.2, 0) is 11.1 Å². The molecule has 0 bridgehead atoms. The van der Waals surface area contributed by atoms with Crippen molar-refractivity contribution in [1.82, 2.24) is 4.98 Å². The number of hydrogen-bond donors (Lipinski definition) is 0. The second kappa shape index (κ2) is 5.27. The summed E-state index contributed by atoms with van der Waals surface area (Å²) < 4.78 is 26.7. The minimum atomic E-state index is -2.23. The Morgan fingerprint density at radius 2 is 1.88 bits per heavy atom. The molecule has 17 heavy (non-hydrogen) atoms. The fourth-order valence-corrected chi connectivity index (χ4v) is 1.63. The number of nitrogens with zero attached hydrogens (tertiary/aromatic N) is 1. The highest BCUT2D eigenvalue weighted by Gasteiger charge is 1.99. The summed E-state index contributed by atoms with van der Waals surface area (Å²) in [5.74, 6) is 0.902. The average molecular weight is 269 g/mol. The molecule has 1 heterocycles. The Bertz CT molecular complexity index is 527. The van der Waals surface area contributed by atoms with Gasteiger partial charge >= 0.3 is 0 Å². The molecule has 0 fully saturated rings. The van der Waals surface area contributed by atoms with Crippen molar-refractivity contribution in [3.05, 3.63) is 47.6 Å². The zero-order valence-corrected chi connectivity index (χ0v) is 10.1. The molecule has 88 valence electrons. The predicted molar refractivity (Wildman–Crippen MR) is 62.9 cm³/mol. The Hall–Kier alpha value is -1.43. The molecule has 0 aliphatic carbocycles. The van der Waals surface area contributed by atoms with Gasteiger partial charge in [-0.05, 0) is 41.4 Å². The maximum atomic E-state index is 10.6. The first kappa shape index (κ1) is 12.0. The fraction of sp³-hybridized carbons (Fsp3) is 0. The van der Waals surface area contributed by atoms with Crippen LogP contribution in [0.1, 0.15) is 0 Å². The second-order valence-electron chi connectivity index (χ2n) is 3.12. The third kappa shape index (κ3) is 3.26. The SMILES string of the molecule is O=S([O-])c1ccc(Oc2ccc(Cl)cn2)cc1. The van der Waals surface area contributed by atoms with Crippen LogP contribution in [0.25, 0.3) is 0 Å². The molecule has 2 aromatic rings. The van der Waals surface area contributed by atoms with Gasteiger partial charge in [0.05, 0.1) is 5.02 Å². The topological polar surface area (TPSA) is 62.2 Å². The van der Waals surface area contributed by atoms with E-state index in [1.807, 2.05) is 0 Å². The van der Waals surface area contributed by atoms with Crippen molar-refractivity contribution in [2.24, 2.45) is 0 Å². The van der Waals surface area contributed by atoms with Crippen molar-refractivity contribution in [2.45, 2.75) is 4.90 Å². The highest BCUT2D eigenvalue weighted by Crippen LogP contribution is 2.21. The van der Waals surface area contributed by atoms with Gasteiger partial charge in [-0.25, -0.2) is 4.98 Å². The van der Waals surface area contributed by atoms with Gasteiger partial charge in [-0.1, -0.05) is 11.6 Å². The molecule has 1 atom stereocenters. The summed E-state index contributed by atoms with van der Waals surface area (Å²) in [6.07, 6.45) is 1.47. The molecular weight excluding hydrogens is 262 g/mol. The molecular formula is C11H7ClNO3S-. The molecule has 0 saturated carbocycles. The Morgan fingerprint density at radius 3 is 2.41 bits per heavy atom. The van der Waals surface area contributed by atoms with Gasteiger partial charge in [0.2, 0.25) is 5.88 Å². The smallest absolute Gasteiger partial charge is 0.219 e. The lowest BCUT2D eigenvalue weighted by Crippen LogP contribution is -1.90. The molecule has 0 aliphatic rings. The van der Waals surface area contributed by atoms with Crippen LogP contribution in [0.5, 0.6) is 11.6 Å². The Morgan fingerprint density at radius 1 is 1.18 bits per heavy atom. The first-order valence-corrected chi connectivity index (χ1v) is 6.09. The summed E-state index contributed by atoms with van der Waals surface area (Å²) >= 11 is 3.46. The van der Waals surface area contributed by atoms with E-state index < -0.39 is 11.1 Å². The summed E-state index contributed by atoms with van der Waals surface area (Å²) in [5.41, 5.74) is 0. The zero-order valence-electron chi connectivity index (χ0n) is 8.50. The largest absolute Gasteiger partial charge is 0.768 e. The van der Waals surface area contributed by atoms with E-state index in [1.54, 1.807) is 24.3 Å². The van der Waals surface area contributed by atoms with E-state index in [1.165, 1.54) is 18.3 Å². The van der Waals surface area contributed by atoms with Crippen LogP contribution in [0, 0.1) is 0 Å². The quantitative estimate of drug-likeness (QED) is 0.803. The maximum absolute atomic E-state index is 10.6. The number of ether oxygens (including phenoxy) is 1. The van der Waals surface area contributed by atoms with Crippen LogP contribution in [-0.4, -0.2) is 13.7 Å². The summed E-state index contributed by atoms with van der Waals surface area (Å²) in [6.45, 7) is 0. The normalized spacial score (nSPS) is 12.1. The fourth-order valence-electron chi connectivity index (χ4n) is 1.16. The molecule has 0 N–H and O–H groups in total. The first-order valence-electron chi connectivity index (χ1n) is 4.64. The number of hydrogen-bond acceptors (Lipinski definition) is 4. The van der Waals surface area contributed by atoms with Gasteiger partial charge in [0, 0.05) is 17.2 Å². The molecule has 2 rings (SSSR count). The number of aromatic nitrogens is 1. The molecule has 1 unspecified atom stereocenters. The van der Waals surface area contributed by atoms with Crippen LogP contribution in [0.3, 0.4) is 0 Å². The van der Waals surface area contributed by atoms with Gasteiger partial charge in [-0.15, -0.1) is 0 Å². The maximum Gasteiger partial charge on any atom is 0.219 e. The monoisotopic (exact) mass is 268 g/mol. The lowest BCUT2D eigenvalue weighted by Gasteiger charge is -2.07. The van der Waals surface area contributed by atoms with E-state index in [0.717, 1.165) is 0 Å². The van der Waals surface area contributed by atoms with Crippen molar-refractivity contribution < 1.29 is 13.5 Å². The third-order valence-corrected chi connectivity index (χ3v) is 2.82. The standard InChI is InChI=1S/C11H8ClNO3S/c12-8-1-6-11(13-7-8)16-9-2-4-10(5-3-9)17(14)15/h1-7H,(H,14,15)/p-1. The van der Waals surface area contributed by atoms with E-state index in [9.17, 15) is 8.76 Å². The minimum absolute atomic E-state index is 0.210. The molecule has 0 aliphatic heterocycles. The lowest BCUT2D eigenvalue weighted by atomic mass is 10.3. The van der Waals surface area contributed by atoms with Crippen LogP contribution < -0.4 is 4.74 Å². The van der Waals surface area contributed by atoms with Crippen molar-refractivity contribution in [3.8, 4) is 11.6 Å². The van der Waals surface area contributed by atoms with E-state index >= 15 is 0 Å². The van der Waals surface area contributed by atoms with Crippen LogP contribution >= 0.6 is 11.6 Å². The van der Waals surface area contributed by atoms with Crippen LogP contribution in [0.2, 0.25) is 5.02 Å². The van der Waals surface area contributed by atoms with Crippen molar-refractivity contribution >= 4 is 22.7 Å². The van der Waals surface area contributed by atoms with E-state index in [-0.39, 0.29) is 4.90 Å².